The van der Waals surface area contributed by atoms with Gasteiger partial charge in [-0.3, -0.25) is 4.79 Å². The molecular formula is C21H23N3O4. The lowest BCUT2D eigenvalue weighted by Crippen LogP contribution is -2.45. The number of hydrogen-bond acceptors (Lipinski definition) is 4. The Hall–Kier alpha value is -3.35. The van der Waals surface area contributed by atoms with E-state index in [1.165, 1.54) is 0 Å². The van der Waals surface area contributed by atoms with Gasteiger partial charge in [0.25, 0.3) is 0 Å². The number of fused-ring (bicyclic) bond motifs is 1. The summed E-state index contributed by atoms with van der Waals surface area (Å²) in [6.07, 6.45) is 0. The molecule has 3 rings (SSSR count). The first-order chi connectivity index (χ1) is 13.5. The number of amides is 1. The van der Waals surface area contributed by atoms with E-state index in [1.807, 2.05) is 54.6 Å². The number of carboxylic acids is 1. The molecule has 0 aliphatic heterocycles. The van der Waals surface area contributed by atoms with Crippen molar-refractivity contribution < 1.29 is 19.4 Å². The summed E-state index contributed by atoms with van der Waals surface area (Å²) in [6, 6.07) is 15.9. The van der Waals surface area contributed by atoms with Gasteiger partial charge in [0.15, 0.2) is 0 Å². The summed E-state index contributed by atoms with van der Waals surface area (Å²) in [5.41, 5.74) is 1.54. The van der Waals surface area contributed by atoms with Gasteiger partial charge >= 0.3 is 5.97 Å². The van der Waals surface area contributed by atoms with Crippen molar-refractivity contribution in [2.45, 2.75) is 33.0 Å². The van der Waals surface area contributed by atoms with Crippen molar-refractivity contribution in [3.05, 3.63) is 60.4 Å². The number of aromatic nitrogens is 2. The fourth-order valence-electron chi connectivity index (χ4n) is 2.95. The zero-order valence-corrected chi connectivity index (χ0v) is 15.8. The zero-order chi connectivity index (χ0) is 20.1. The molecule has 0 radical (unpaired) electrons. The first kappa shape index (κ1) is 19.4. The Labute approximate surface area is 163 Å². The highest BCUT2D eigenvalue weighted by Crippen LogP contribution is 2.18. The van der Waals surface area contributed by atoms with E-state index in [9.17, 15) is 14.7 Å². The number of imidazole rings is 1. The fourth-order valence-corrected chi connectivity index (χ4v) is 2.95. The number of ether oxygens (including phenoxy) is 1. The average Bonchev–Trinajstić information content (AvgIpc) is 3.02. The van der Waals surface area contributed by atoms with E-state index in [-0.39, 0.29) is 25.0 Å². The molecule has 0 aliphatic rings. The number of carbonyl (C=O) groups is 2. The minimum atomic E-state index is -1.05. The number of nitrogens with zero attached hydrogens (tertiary/aromatic N) is 2. The van der Waals surface area contributed by atoms with Crippen LogP contribution in [-0.2, 0) is 22.7 Å². The monoisotopic (exact) mass is 381 g/mol. The van der Waals surface area contributed by atoms with Gasteiger partial charge in [0.05, 0.1) is 11.0 Å². The molecule has 1 heterocycles. The molecule has 1 atom stereocenters. The number of hydrogen-bond donors (Lipinski definition) is 2. The Kier molecular flexibility index (Phi) is 5.93. The van der Waals surface area contributed by atoms with Crippen LogP contribution in [0.4, 0.5) is 0 Å². The number of rotatable bonds is 8. The second-order valence-corrected chi connectivity index (χ2v) is 6.83. The van der Waals surface area contributed by atoms with Crippen molar-refractivity contribution >= 4 is 22.9 Å². The molecule has 0 aliphatic carbocycles. The molecular weight excluding hydrogens is 358 g/mol. The highest BCUT2D eigenvalue weighted by atomic mass is 16.5. The predicted molar refractivity (Wildman–Crippen MR) is 105 cm³/mol. The summed E-state index contributed by atoms with van der Waals surface area (Å²) in [5, 5.41) is 11.9. The molecule has 1 aromatic heterocycles. The van der Waals surface area contributed by atoms with Crippen LogP contribution in [0.5, 0.6) is 5.75 Å². The van der Waals surface area contributed by atoms with Crippen LogP contribution >= 0.6 is 0 Å². The number of carbonyl (C=O) groups excluding carboxylic acids is 1. The number of aliphatic carboxylic acids is 1. The third-order valence-corrected chi connectivity index (χ3v) is 4.40. The molecule has 7 heteroatoms. The van der Waals surface area contributed by atoms with Gasteiger partial charge in [-0.1, -0.05) is 44.2 Å². The van der Waals surface area contributed by atoms with Crippen LogP contribution in [0.3, 0.4) is 0 Å². The summed E-state index contributed by atoms with van der Waals surface area (Å²) >= 11 is 0. The van der Waals surface area contributed by atoms with Gasteiger partial charge in [0, 0.05) is 0 Å². The number of benzene rings is 2. The van der Waals surface area contributed by atoms with Gasteiger partial charge in [0.2, 0.25) is 5.91 Å². The van der Waals surface area contributed by atoms with Crippen molar-refractivity contribution in [1.29, 1.82) is 0 Å². The Morgan fingerprint density at radius 3 is 2.46 bits per heavy atom. The van der Waals surface area contributed by atoms with Gasteiger partial charge in [0.1, 0.15) is 30.8 Å². The SMILES string of the molecule is CC(C)[C@@H](NC(=O)Cn1c(COc2ccccc2)nc2ccccc21)C(=O)O. The second kappa shape index (κ2) is 8.56. The first-order valence-electron chi connectivity index (χ1n) is 9.10. The summed E-state index contributed by atoms with van der Waals surface area (Å²) in [6.45, 7) is 3.67. The van der Waals surface area contributed by atoms with Crippen molar-refractivity contribution in [1.82, 2.24) is 14.9 Å². The van der Waals surface area contributed by atoms with Crippen LogP contribution in [0.25, 0.3) is 11.0 Å². The Morgan fingerprint density at radius 1 is 1.11 bits per heavy atom. The van der Waals surface area contributed by atoms with Gasteiger partial charge in [-0.25, -0.2) is 9.78 Å². The highest BCUT2D eigenvalue weighted by molar-refractivity contribution is 5.85. The third-order valence-electron chi connectivity index (χ3n) is 4.40. The van der Waals surface area contributed by atoms with Crippen LogP contribution in [0.1, 0.15) is 19.7 Å². The summed E-state index contributed by atoms with van der Waals surface area (Å²) in [5.74, 6) is -0.355. The standard InChI is InChI=1S/C21H23N3O4/c1-14(2)20(21(26)27)23-19(25)12-24-17-11-7-6-10-16(17)22-18(24)13-28-15-8-4-3-5-9-15/h3-11,14,20H,12-13H2,1-2H3,(H,23,25)(H,26,27)/t20-/m1/s1. The minimum absolute atomic E-state index is 0.0372. The number of para-hydroxylation sites is 3. The number of carboxylic acid groups (broad SMARTS) is 1. The van der Waals surface area contributed by atoms with E-state index in [0.29, 0.717) is 11.6 Å². The molecule has 0 unspecified atom stereocenters. The smallest absolute Gasteiger partial charge is 0.326 e. The van der Waals surface area contributed by atoms with E-state index in [2.05, 4.69) is 10.3 Å². The maximum atomic E-state index is 12.5. The van der Waals surface area contributed by atoms with Crippen molar-refractivity contribution in [3.63, 3.8) is 0 Å². The summed E-state index contributed by atoms with van der Waals surface area (Å²) in [4.78, 5) is 28.5. The molecule has 2 N–H and O–H groups in total. The van der Waals surface area contributed by atoms with Crippen LogP contribution in [0.15, 0.2) is 54.6 Å². The lowest BCUT2D eigenvalue weighted by molar-refractivity contribution is -0.143. The Balaban J connectivity index is 1.82. The largest absolute Gasteiger partial charge is 0.486 e. The Bertz CT molecular complexity index is 966. The minimum Gasteiger partial charge on any atom is -0.486 e. The molecule has 0 saturated carbocycles. The molecule has 0 spiro atoms. The van der Waals surface area contributed by atoms with E-state index in [4.69, 9.17) is 4.74 Å². The van der Waals surface area contributed by atoms with Crippen molar-refractivity contribution in [2.24, 2.45) is 5.92 Å². The van der Waals surface area contributed by atoms with Gasteiger partial charge in [-0.05, 0) is 30.2 Å². The van der Waals surface area contributed by atoms with Gasteiger partial charge in [-0.2, -0.15) is 0 Å². The van der Waals surface area contributed by atoms with E-state index in [0.717, 1.165) is 11.0 Å². The molecule has 146 valence electrons. The molecule has 7 nitrogen and oxygen atoms in total. The molecule has 0 fully saturated rings. The molecule has 2 aromatic carbocycles. The van der Waals surface area contributed by atoms with E-state index in [1.54, 1.807) is 18.4 Å². The first-order valence-corrected chi connectivity index (χ1v) is 9.10. The molecule has 0 bridgehead atoms. The maximum absolute atomic E-state index is 12.5. The van der Waals surface area contributed by atoms with Crippen LogP contribution in [0, 0.1) is 5.92 Å². The maximum Gasteiger partial charge on any atom is 0.326 e. The molecule has 0 saturated heterocycles. The average molecular weight is 381 g/mol. The topological polar surface area (TPSA) is 93.5 Å². The van der Waals surface area contributed by atoms with Gasteiger partial charge < -0.3 is 19.7 Å². The lowest BCUT2D eigenvalue weighted by Gasteiger charge is -2.18. The van der Waals surface area contributed by atoms with Crippen LogP contribution in [-0.4, -0.2) is 32.6 Å². The zero-order valence-electron chi connectivity index (χ0n) is 15.8. The molecule has 1 amide bonds. The number of nitrogens with one attached hydrogen (secondary N) is 1. The second-order valence-electron chi connectivity index (χ2n) is 6.83. The van der Waals surface area contributed by atoms with E-state index < -0.39 is 12.0 Å². The van der Waals surface area contributed by atoms with E-state index >= 15 is 0 Å². The van der Waals surface area contributed by atoms with Crippen LogP contribution in [0.2, 0.25) is 0 Å². The van der Waals surface area contributed by atoms with Crippen LogP contribution < -0.4 is 10.1 Å². The fraction of sp³-hybridized carbons (Fsp3) is 0.286. The van der Waals surface area contributed by atoms with Crippen molar-refractivity contribution in [2.75, 3.05) is 0 Å². The molecule has 28 heavy (non-hydrogen) atoms. The van der Waals surface area contributed by atoms with Gasteiger partial charge in [-0.15, -0.1) is 0 Å². The predicted octanol–water partition coefficient (Wildman–Crippen LogP) is 2.84. The highest BCUT2D eigenvalue weighted by Gasteiger charge is 2.24. The molecule has 3 aromatic rings. The van der Waals surface area contributed by atoms with Crippen molar-refractivity contribution in [3.8, 4) is 5.75 Å². The summed E-state index contributed by atoms with van der Waals surface area (Å²) < 4.78 is 7.55. The normalized spacial score (nSPS) is 12.1. The lowest BCUT2D eigenvalue weighted by atomic mass is 10.1. The quantitative estimate of drug-likeness (QED) is 0.626. The third kappa shape index (κ3) is 4.49. The Morgan fingerprint density at radius 2 is 1.79 bits per heavy atom. The summed E-state index contributed by atoms with van der Waals surface area (Å²) in [7, 11) is 0.